The van der Waals surface area contributed by atoms with Crippen molar-refractivity contribution in [1.29, 1.82) is 0 Å². The van der Waals surface area contributed by atoms with Crippen LogP contribution in [0.2, 0.25) is 0 Å². The van der Waals surface area contributed by atoms with Gasteiger partial charge >= 0.3 is 5.97 Å². The van der Waals surface area contributed by atoms with E-state index in [0.29, 0.717) is 10.6 Å². The van der Waals surface area contributed by atoms with Crippen LogP contribution in [0.1, 0.15) is 16.6 Å². The molecule has 1 aliphatic heterocycles. The lowest BCUT2D eigenvalue weighted by molar-refractivity contribution is 0.0607. The van der Waals surface area contributed by atoms with E-state index in [9.17, 15) is 4.79 Å². The molecule has 2 rings (SSSR count). The Morgan fingerprint density at radius 3 is 2.67 bits per heavy atom. The lowest BCUT2D eigenvalue weighted by Crippen LogP contribution is -2.45. The predicted molar refractivity (Wildman–Crippen MR) is 74.4 cm³/mol. The Labute approximate surface area is 111 Å². The van der Waals surface area contributed by atoms with Gasteiger partial charge in [-0.1, -0.05) is 6.92 Å². The molecule has 0 amide bonds. The lowest BCUT2D eigenvalue weighted by atomic mass is 10.3. The van der Waals surface area contributed by atoms with Crippen molar-refractivity contribution in [3.63, 3.8) is 0 Å². The van der Waals surface area contributed by atoms with Crippen molar-refractivity contribution in [2.75, 3.05) is 50.5 Å². The van der Waals surface area contributed by atoms with Crippen LogP contribution >= 0.6 is 11.3 Å². The number of carbonyl (C=O) groups excluding carboxylic acids is 1. The van der Waals surface area contributed by atoms with Gasteiger partial charge in [-0.05, 0) is 12.6 Å². The zero-order valence-electron chi connectivity index (χ0n) is 10.8. The second-order valence-electron chi connectivity index (χ2n) is 4.28. The maximum absolute atomic E-state index is 11.5. The highest BCUT2D eigenvalue weighted by molar-refractivity contribution is 7.18. The summed E-state index contributed by atoms with van der Waals surface area (Å²) < 4.78 is 4.72. The molecular formula is C12H19N3O2S. The van der Waals surface area contributed by atoms with Crippen LogP contribution in [-0.4, -0.2) is 50.7 Å². The first-order valence-corrected chi connectivity index (χ1v) is 6.92. The molecule has 0 unspecified atom stereocenters. The number of hydrogen-bond donors (Lipinski definition) is 1. The molecule has 6 heteroatoms. The third kappa shape index (κ3) is 2.59. The number of carbonyl (C=O) groups is 1. The van der Waals surface area contributed by atoms with Crippen LogP contribution in [0.3, 0.4) is 0 Å². The Morgan fingerprint density at radius 1 is 1.44 bits per heavy atom. The number of piperazine rings is 1. The minimum absolute atomic E-state index is 0.351. The average molecular weight is 269 g/mol. The Morgan fingerprint density at radius 2 is 2.11 bits per heavy atom. The molecule has 0 spiro atoms. The number of rotatable bonds is 3. The minimum atomic E-state index is -0.351. The first-order chi connectivity index (χ1) is 8.65. The monoisotopic (exact) mass is 269 g/mol. The van der Waals surface area contributed by atoms with Gasteiger partial charge in [0.1, 0.15) is 4.88 Å². The number of thiophene rings is 1. The van der Waals surface area contributed by atoms with Crippen molar-refractivity contribution in [3.8, 4) is 0 Å². The summed E-state index contributed by atoms with van der Waals surface area (Å²) in [5, 5.41) is 1.06. The summed E-state index contributed by atoms with van der Waals surface area (Å²) in [6, 6.07) is 1.87. The van der Waals surface area contributed by atoms with Crippen molar-refractivity contribution in [3.05, 3.63) is 10.9 Å². The maximum atomic E-state index is 11.5. The van der Waals surface area contributed by atoms with Gasteiger partial charge in [-0.15, -0.1) is 11.3 Å². The fourth-order valence-corrected chi connectivity index (χ4v) is 3.13. The van der Waals surface area contributed by atoms with Gasteiger partial charge in [0.25, 0.3) is 0 Å². The van der Waals surface area contributed by atoms with Crippen molar-refractivity contribution < 1.29 is 9.53 Å². The molecule has 0 atom stereocenters. The van der Waals surface area contributed by atoms with E-state index in [-0.39, 0.29) is 5.97 Å². The Bertz CT molecular complexity index is 425. The number of hydrogen-bond acceptors (Lipinski definition) is 6. The van der Waals surface area contributed by atoms with Crippen molar-refractivity contribution in [2.45, 2.75) is 6.92 Å². The largest absolute Gasteiger partial charge is 0.465 e. The highest BCUT2D eigenvalue weighted by Gasteiger charge is 2.21. The van der Waals surface area contributed by atoms with E-state index in [4.69, 9.17) is 10.5 Å². The summed E-state index contributed by atoms with van der Waals surface area (Å²) >= 11 is 1.42. The van der Waals surface area contributed by atoms with Crippen LogP contribution in [0.15, 0.2) is 6.07 Å². The van der Waals surface area contributed by atoms with Gasteiger partial charge < -0.3 is 20.3 Å². The molecule has 1 fully saturated rings. The zero-order valence-corrected chi connectivity index (χ0v) is 11.6. The third-order valence-electron chi connectivity index (χ3n) is 3.25. The van der Waals surface area contributed by atoms with E-state index in [0.717, 1.165) is 37.7 Å². The summed E-state index contributed by atoms with van der Waals surface area (Å²) in [4.78, 5) is 16.7. The predicted octanol–water partition coefficient (Wildman–Crippen LogP) is 1.26. The van der Waals surface area contributed by atoms with Crippen LogP contribution in [0, 0.1) is 0 Å². The van der Waals surface area contributed by atoms with Gasteiger partial charge in [0, 0.05) is 26.2 Å². The maximum Gasteiger partial charge on any atom is 0.350 e. The van der Waals surface area contributed by atoms with Crippen LogP contribution in [0.5, 0.6) is 0 Å². The van der Waals surface area contributed by atoms with Crippen LogP contribution in [-0.2, 0) is 4.74 Å². The summed E-state index contributed by atoms with van der Waals surface area (Å²) in [6.07, 6.45) is 0. The van der Waals surface area contributed by atoms with E-state index < -0.39 is 0 Å². The number of likely N-dealkylation sites (N-methyl/N-ethyl adjacent to an activating group) is 1. The number of nitrogens with zero attached hydrogens (tertiary/aromatic N) is 2. The van der Waals surface area contributed by atoms with Crippen LogP contribution in [0.25, 0.3) is 0 Å². The van der Waals surface area contributed by atoms with Crippen molar-refractivity contribution in [2.24, 2.45) is 0 Å². The number of esters is 1. The molecule has 2 heterocycles. The molecule has 1 aromatic rings. The Hall–Kier alpha value is -1.27. The van der Waals surface area contributed by atoms with E-state index in [1.807, 2.05) is 6.07 Å². The second kappa shape index (κ2) is 5.58. The van der Waals surface area contributed by atoms with Crippen LogP contribution in [0.4, 0.5) is 10.7 Å². The summed E-state index contributed by atoms with van der Waals surface area (Å²) in [5.74, 6) is -0.351. The molecule has 1 aromatic heterocycles. The first kappa shape index (κ1) is 13.2. The second-order valence-corrected chi connectivity index (χ2v) is 5.31. The number of ether oxygens (including phenoxy) is 1. The lowest BCUT2D eigenvalue weighted by Gasteiger charge is -2.34. The molecule has 2 N–H and O–H groups in total. The summed E-state index contributed by atoms with van der Waals surface area (Å²) in [5.41, 5.74) is 6.36. The summed E-state index contributed by atoms with van der Waals surface area (Å²) in [6.45, 7) is 7.34. The van der Waals surface area contributed by atoms with Crippen molar-refractivity contribution in [1.82, 2.24) is 4.90 Å². The fraction of sp³-hybridized carbons (Fsp3) is 0.583. The minimum Gasteiger partial charge on any atom is -0.465 e. The van der Waals surface area contributed by atoms with Crippen molar-refractivity contribution >= 4 is 28.0 Å². The van der Waals surface area contributed by atoms with E-state index >= 15 is 0 Å². The quantitative estimate of drug-likeness (QED) is 0.837. The number of anilines is 2. The first-order valence-electron chi connectivity index (χ1n) is 6.10. The Balaban J connectivity index is 2.08. The van der Waals surface area contributed by atoms with Gasteiger partial charge in [-0.2, -0.15) is 0 Å². The van der Waals surface area contributed by atoms with Gasteiger partial charge in [-0.25, -0.2) is 4.79 Å². The third-order valence-corrected chi connectivity index (χ3v) is 4.44. The molecule has 0 bridgehead atoms. The summed E-state index contributed by atoms with van der Waals surface area (Å²) in [7, 11) is 1.38. The van der Waals surface area contributed by atoms with Crippen LogP contribution < -0.4 is 10.6 Å². The number of nitrogens with two attached hydrogens (primary N) is 1. The van der Waals surface area contributed by atoms with Gasteiger partial charge in [0.15, 0.2) is 0 Å². The highest BCUT2D eigenvalue weighted by Crippen LogP contribution is 2.33. The Kier molecular flexibility index (Phi) is 4.08. The fourth-order valence-electron chi connectivity index (χ4n) is 2.08. The molecule has 0 saturated carbocycles. The topological polar surface area (TPSA) is 58.8 Å². The van der Waals surface area contributed by atoms with Gasteiger partial charge in [-0.3, -0.25) is 0 Å². The highest BCUT2D eigenvalue weighted by atomic mass is 32.1. The molecular weight excluding hydrogens is 250 g/mol. The smallest absolute Gasteiger partial charge is 0.350 e. The molecule has 5 nitrogen and oxygen atoms in total. The van der Waals surface area contributed by atoms with E-state index in [1.165, 1.54) is 18.4 Å². The van der Waals surface area contributed by atoms with Gasteiger partial charge in [0.2, 0.25) is 0 Å². The molecule has 100 valence electrons. The van der Waals surface area contributed by atoms with Gasteiger partial charge in [0.05, 0.1) is 17.8 Å². The molecule has 1 aliphatic rings. The SMILES string of the molecule is CCN1CCN(c2cc(N)c(C(=O)OC)s2)CC1. The molecule has 0 aliphatic carbocycles. The molecule has 0 aromatic carbocycles. The molecule has 1 saturated heterocycles. The standard InChI is InChI=1S/C12H19N3O2S/c1-3-14-4-6-15(7-5-14)10-8-9(13)11(18-10)12(16)17-2/h8H,3-7,13H2,1-2H3. The molecule has 18 heavy (non-hydrogen) atoms. The van der Waals surface area contributed by atoms with E-state index in [2.05, 4.69) is 16.7 Å². The number of nitrogen functional groups attached to an aromatic ring is 1. The normalized spacial score (nSPS) is 16.9. The molecule has 0 radical (unpaired) electrons. The zero-order chi connectivity index (χ0) is 13.1. The van der Waals surface area contributed by atoms with E-state index in [1.54, 1.807) is 0 Å². The number of methoxy groups -OCH3 is 1. The average Bonchev–Trinajstić information content (AvgIpc) is 2.80.